The highest BCUT2D eigenvalue weighted by Crippen LogP contribution is 2.24. The number of hydrogen-bond acceptors (Lipinski definition) is 3. The lowest BCUT2D eigenvalue weighted by Crippen LogP contribution is -2.27. The number of halogens is 2. The minimum Gasteiger partial charge on any atom is -0.326 e. The van der Waals surface area contributed by atoms with Crippen molar-refractivity contribution in [1.29, 1.82) is 0 Å². The van der Waals surface area contributed by atoms with Crippen molar-refractivity contribution in [2.45, 2.75) is 32.6 Å². The summed E-state index contributed by atoms with van der Waals surface area (Å²) in [6.45, 7) is 7.28. The predicted octanol–water partition coefficient (Wildman–Crippen LogP) is 4.99. The van der Waals surface area contributed by atoms with Crippen molar-refractivity contribution >= 4 is 35.0 Å². The summed E-state index contributed by atoms with van der Waals surface area (Å²) in [7, 11) is 0. The fourth-order valence-corrected chi connectivity index (χ4v) is 2.78. The van der Waals surface area contributed by atoms with Crippen LogP contribution < -0.4 is 10.6 Å². The Morgan fingerprint density at radius 1 is 1.00 bits per heavy atom. The highest BCUT2D eigenvalue weighted by Gasteiger charge is 2.21. The molecule has 0 heterocycles. The van der Waals surface area contributed by atoms with Gasteiger partial charge in [-0.05, 0) is 42.8 Å². The number of rotatable bonds is 5. The maximum atomic E-state index is 13.2. The third-order valence-electron chi connectivity index (χ3n) is 3.71. The Kier molecular flexibility index (Phi) is 6.59. The van der Waals surface area contributed by atoms with Crippen LogP contribution in [0.1, 0.15) is 26.3 Å². The fourth-order valence-electron chi connectivity index (χ4n) is 2.05. The second-order valence-electron chi connectivity index (χ2n) is 7.15. The van der Waals surface area contributed by atoms with E-state index >= 15 is 0 Å². The summed E-state index contributed by atoms with van der Waals surface area (Å²) in [4.78, 5) is 24.8. The summed E-state index contributed by atoms with van der Waals surface area (Å²) in [6.07, 6.45) is 0. The molecule has 144 valence electrons. The molecule has 0 saturated carbocycles. The molecule has 7 heteroatoms. The first-order valence-electron chi connectivity index (χ1n) is 8.36. The molecular weight excluding hydrogens is 370 g/mol. The minimum absolute atomic E-state index is 0.0447. The lowest BCUT2D eigenvalue weighted by atomic mass is 9.95. The molecule has 0 spiro atoms. The molecule has 2 rings (SSSR count). The molecule has 2 aromatic carbocycles. The average Bonchev–Trinajstić information content (AvgIpc) is 2.58. The average molecular weight is 392 g/mol. The molecule has 2 N–H and O–H groups in total. The number of carbonyl (C=O) groups excluding carboxylic acids is 2. The Balaban J connectivity index is 2.01. The van der Waals surface area contributed by atoms with Crippen LogP contribution >= 0.6 is 11.8 Å². The summed E-state index contributed by atoms with van der Waals surface area (Å²) in [5.41, 5.74) is 1.48. The summed E-state index contributed by atoms with van der Waals surface area (Å²) >= 11 is 1.11. The third-order valence-corrected chi connectivity index (χ3v) is 4.71. The maximum absolute atomic E-state index is 13.2. The van der Waals surface area contributed by atoms with Gasteiger partial charge in [-0.2, -0.15) is 0 Å². The van der Waals surface area contributed by atoms with Crippen molar-refractivity contribution in [2.75, 3.05) is 16.4 Å². The van der Waals surface area contributed by atoms with Crippen LogP contribution in [0.2, 0.25) is 0 Å². The smallest absolute Gasteiger partial charge is 0.234 e. The zero-order valence-electron chi connectivity index (χ0n) is 15.7. The molecule has 0 unspecified atom stereocenters. The van der Waals surface area contributed by atoms with E-state index in [4.69, 9.17) is 0 Å². The first kappa shape index (κ1) is 20.9. The molecule has 0 aliphatic rings. The number of benzene rings is 2. The first-order chi connectivity index (χ1) is 12.6. The van der Waals surface area contributed by atoms with Gasteiger partial charge in [0, 0.05) is 21.7 Å². The molecule has 0 aliphatic carbocycles. The van der Waals surface area contributed by atoms with Crippen LogP contribution in [0.15, 0.2) is 41.3 Å². The van der Waals surface area contributed by atoms with Crippen molar-refractivity contribution in [3.05, 3.63) is 53.6 Å². The van der Waals surface area contributed by atoms with Gasteiger partial charge in [0.15, 0.2) is 11.6 Å². The van der Waals surface area contributed by atoms with Crippen molar-refractivity contribution in [2.24, 2.45) is 5.41 Å². The molecule has 2 aromatic rings. The van der Waals surface area contributed by atoms with Gasteiger partial charge in [-0.15, -0.1) is 11.8 Å². The Hall–Kier alpha value is -2.41. The molecule has 0 bridgehead atoms. The summed E-state index contributed by atoms with van der Waals surface area (Å²) in [5.74, 6) is -2.24. The Morgan fingerprint density at radius 3 is 2.33 bits per heavy atom. The SMILES string of the molecule is Cc1ccc(NC(=O)C(C)(C)C)cc1NC(=O)CSc1ccc(F)c(F)c1. The van der Waals surface area contributed by atoms with Gasteiger partial charge in [0.25, 0.3) is 0 Å². The Labute approximate surface area is 161 Å². The lowest BCUT2D eigenvalue weighted by molar-refractivity contribution is -0.123. The van der Waals surface area contributed by atoms with Crippen molar-refractivity contribution in [1.82, 2.24) is 0 Å². The van der Waals surface area contributed by atoms with Crippen LogP contribution in [0.3, 0.4) is 0 Å². The molecule has 27 heavy (non-hydrogen) atoms. The van der Waals surface area contributed by atoms with Crippen LogP contribution in [-0.4, -0.2) is 17.6 Å². The number of thioether (sulfide) groups is 1. The van der Waals surface area contributed by atoms with E-state index in [1.807, 2.05) is 27.7 Å². The van der Waals surface area contributed by atoms with E-state index in [1.165, 1.54) is 6.07 Å². The number of aryl methyl sites for hydroxylation is 1. The van der Waals surface area contributed by atoms with Crippen molar-refractivity contribution in [3.63, 3.8) is 0 Å². The number of hydrogen-bond donors (Lipinski definition) is 2. The van der Waals surface area contributed by atoms with E-state index in [1.54, 1.807) is 18.2 Å². The first-order valence-corrected chi connectivity index (χ1v) is 9.34. The largest absolute Gasteiger partial charge is 0.326 e. The van der Waals surface area contributed by atoms with Gasteiger partial charge in [0.1, 0.15) is 0 Å². The monoisotopic (exact) mass is 392 g/mol. The second-order valence-corrected chi connectivity index (χ2v) is 8.20. The number of amides is 2. The topological polar surface area (TPSA) is 58.2 Å². The molecule has 0 aromatic heterocycles. The highest BCUT2D eigenvalue weighted by atomic mass is 32.2. The van der Waals surface area contributed by atoms with Crippen LogP contribution in [0.5, 0.6) is 0 Å². The molecule has 0 radical (unpaired) electrons. The maximum Gasteiger partial charge on any atom is 0.234 e. The van der Waals surface area contributed by atoms with E-state index in [0.29, 0.717) is 16.3 Å². The second kappa shape index (κ2) is 8.52. The van der Waals surface area contributed by atoms with E-state index in [2.05, 4.69) is 10.6 Å². The van der Waals surface area contributed by atoms with E-state index in [0.717, 1.165) is 29.5 Å². The van der Waals surface area contributed by atoms with E-state index in [9.17, 15) is 18.4 Å². The molecule has 0 aliphatic heterocycles. The summed E-state index contributed by atoms with van der Waals surface area (Å²) in [5, 5.41) is 5.60. The zero-order chi connectivity index (χ0) is 20.2. The number of anilines is 2. The standard InChI is InChI=1S/C20H22F2N2O2S/c1-12-5-6-13(23-19(26)20(2,3)4)9-17(12)24-18(25)11-27-14-7-8-15(21)16(22)10-14/h5-10H,11H2,1-4H3,(H,23,26)(H,24,25). The highest BCUT2D eigenvalue weighted by molar-refractivity contribution is 8.00. The minimum atomic E-state index is -0.946. The Morgan fingerprint density at radius 2 is 1.70 bits per heavy atom. The molecule has 4 nitrogen and oxygen atoms in total. The van der Waals surface area contributed by atoms with Gasteiger partial charge in [-0.25, -0.2) is 8.78 Å². The number of nitrogens with one attached hydrogen (secondary N) is 2. The van der Waals surface area contributed by atoms with Crippen molar-refractivity contribution in [3.8, 4) is 0 Å². The van der Waals surface area contributed by atoms with Gasteiger partial charge >= 0.3 is 0 Å². The van der Waals surface area contributed by atoms with Gasteiger partial charge < -0.3 is 10.6 Å². The molecule has 0 saturated heterocycles. The lowest BCUT2D eigenvalue weighted by Gasteiger charge is -2.18. The van der Waals surface area contributed by atoms with Crippen LogP contribution in [0.4, 0.5) is 20.2 Å². The quantitative estimate of drug-likeness (QED) is 0.705. The number of carbonyl (C=O) groups is 2. The Bertz CT molecular complexity index is 864. The fraction of sp³-hybridized carbons (Fsp3) is 0.300. The predicted molar refractivity (Wildman–Crippen MR) is 105 cm³/mol. The molecule has 0 atom stereocenters. The van der Waals surface area contributed by atoms with Crippen LogP contribution in [0, 0.1) is 24.0 Å². The van der Waals surface area contributed by atoms with Crippen LogP contribution in [0.25, 0.3) is 0 Å². The summed E-state index contributed by atoms with van der Waals surface area (Å²) in [6, 6.07) is 8.77. The van der Waals surface area contributed by atoms with Gasteiger partial charge in [-0.1, -0.05) is 26.8 Å². The molecular formula is C20H22F2N2O2S. The molecule has 2 amide bonds. The van der Waals surface area contributed by atoms with Gasteiger partial charge in [0.05, 0.1) is 5.75 Å². The third kappa shape index (κ3) is 6.06. The van der Waals surface area contributed by atoms with Gasteiger partial charge in [-0.3, -0.25) is 9.59 Å². The normalized spacial score (nSPS) is 11.2. The van der Waals surface area contributed by atoms with Crippen molar-refractivity contribution < 1.29 is 18.4 Å². The zero-order valence-corrected chi connectivity index (χ0v) is 16.5. The summed E-state index contributed by atoms with van der Waals surface area (Å²) < 4.78 is 26.2. The van der Waals surface area contributed by atoms with E-state index in [-0.39, 0.29) is 17.6 Å². The van der Waals surface area contributed by atoms with Gasteiger partial charge in [0.2, 0.25) is 11.8 Å². The van der Waals surface area contributed by atoms with E-state index < -0.39 is 17.0 Å². The molecule has 0 fully saturated rings. The van der Waals surface area contributed by atoms with Crippen LogP contribution in [-0.2, 0) is 9.59 Å².